The summed E-state index contributed by atoms with van der Waals surface area (Å²) in [5, 5.41) is 13.0. The summed E-state index contributed by atoms with van der Waals surface area (Å²) in [6, 6.07) is 4.12. The van der Waals surface area contributed by atoms with E-state index in [2.05, 4.69) is 23.7 Å². The van der Waals surface area contributed by atoms with Crippen molar-refractivity contribution in [3.05, 3.63) is 17.7 Å². The highest BCUT2D eigenvalue weighted by Crippen LogP contribution is 2.37. The summed E-state index contributed by atoms with van der Waals surface area (Å²) >= 11 is 1.71. The van der Waals surface area contributed by atoms with Crippen LogP contribution in [-0.2, 0) is 6.54 Å². The molecule has 1 aromatic carbocycles. The quantitative estimate of drug-likeness (QED) is 0.816. The van der Waals surface area contributed by atoms with Crippen LogP contribution in [0, 0.1) is 0 Å². The van der Waals surface area contributed by atoms with Gasteiger partial charge in [-0.1, -0.05) is 0 Å². The van der Waals surface area contributed by atoms with Crippen LogP contribution in [0.1, 0.15) is 24.8 Å². The highest BCUT2D eigenvalue weighted by atomic mass is 32.2. The molecule has 0 aromatic heterocycles. The maximum atomic E-state index is 9.52. The van der Waals surface area contributed by atoms with Crippen LogP contribution in [0.3, 0.4) is 0 Å². The van der Waals surface area contributed by atoms with Crippen LogP contribution in [0.15, 0.2) is 17.0 Å². The topological polar surface area (TPSA) is 50.7 Å². The Morgan fingerprint density at radius 1 is 1.25 bits per heavy atom. The molecule has 1 fully saturated rings. The third-order valence-electron chi connectivity index (χ3n) is 4.21. The van der Waals surface area contributed by atoms with Crippen LogP contribution in [0.5, 0.6) is 11.5 Å². The van der Waals surface area contributed by atoms with Gasteiger partial charge in [0, 0.05) is 17.0 Å². The van der Waals surface area contributed by atoms with E-state index in [4.69, 9.17) is 9.47 Å². The second-order valence-electron chi connectivity index (χ2n) is 5.45. The standard InChI is InChI=1S/C15H21NO3S/c1-20-14-8-13-12(18-5-6-19-13)7-11(14)9-16-15(10-17)3-2-4-15/h7-8,16-17H,2-6,9-10H2,1H3. The molecule has 1 aromatic rings. The molecule has 1 aliphatic carbocycles. The monoisotopic (exact) mass is 295 g/mol. The first-order valence-corrected chi connectivity index (χ1v) is 8.31. The molecule has 1 saturated carbocycles. The minimum atomic E-state index is -0.0665. The van der Waals surface area contributed by atoms with Crippen molar-refractivity contribution in [2.75, 3.05) is 26.1 Å². The summed E-state index contributed by atoms with van der Waals surface area (Å²) < 4.78 is 11.3. The number of hydrogen-bond donors (Lipinski definition) is 2. The predicted octanol–water partition coefficient (Wildman–Crippen LogP) is 2.18. The van der Waals surface area contributed by atoms with Crippen LogP contribution in [0.25, 0.3) is 0 Å². The minimum absolute atomic E-state index is 0.0665. The Bertz CT molecular complexity index is 483. The molecule has 4 nitrogen and oxygen atoms in total. The van der Waals surface area contributed by atoms with Gasteiger partial charge in [-0.15, -0.1) is 11.8 Å². The molecule has 0 spiro atoms. The van der Waals surface area contributed by atoms with Crippen molar-refractivity contribution < 1.29 is 14.6 Å². The third kappa shape index (κ3) is 2.62. The fourth-order valence-corrected chi connectivity index (χ4v) is 3.34. The van der Waals surface area contributed by atoms with Gasteiger partial charge in [0.15, 0.2) is 11.5 Å². The van der Waals surface area contributed by atoms with Gasteiger partial charge in [0.05, 0.1) is 6.61 Å². The zero-order valence-electron chi connectivity index (χ0n) is 11.8. The summed E-state index contributed by atoms with van der Waals surface area (Å²) in [5.74, 6) is 1.67. The van der Waals surface area contributed by atoms with Gasteiger partial charge in [-0.2, -0.15) is 0 Å². The molecule has 2 aliphatic rings. The first-order chi connectivity index (χ1) is 9.76. The van der Waals surface area contributed by atoms with Crippen molar-refractivity contribution in [3.8, 4) is 11.5 Å². The molecular weight excluding hydrogens is 274 g/mol. The Kier molecular flexibility index (Phi) is 4.10. The second-order valence-corrected chi connectivity index (χ2v) is 6.30. The zero-order chi connectivity index (χ0) is 14.0. The van der Waals surface area contributed by atoms with E-state index >= 15 is 0 Å². The maximum Gasteiger partial charge on any atom is 0.162 e. The Morgan fingerprint density at radius 3 is 2.50 bits per heavy atom. The lowest BCUT2D eigenvalue weighted by Crippen LogP contribution is -2.53. The molecule has 3 rings (SSSR count). The van der Waals surface area contributed by atoms with E-state index in [0.29, 0.717) is 13.2 Å². The van der Waals surface area contributed by atoms with Crippen LogP contribution in [-0.4, -0.2) is 36.7 Å². The summed E-state index contributed by atoms with van der Waals surface area (Å²) in [7, 11) is 0. The van der Waals surface area contributed by atoms with E-state index in [1.807, 2.05) is 0 Å². The van der Waals surface area contributed by atoms with Gasteiger partial charge in [-0.05, 0) is 43.2 Å². The maximum absolute atomic E-state index is 9.52. The summed E-state index contributed by atoms with van der Waals surface area (Å²) in [4.78, 5) is 1.20. The normalized spacial score (nSPS) is 19.5. The molecule has 20 heavy (non-hydrogen) atoms. The SMILES string of the molecule is CSc1cc2c(cc1CNC1(CO)CCC1)OCCO2. The minimum Gasteiger partial charge on any atom is -0.486 e. The molecule has 2 N–H and O–H groups in total. The second kappa shape index (κ2) is 5.84. The lowest BCUT2D eigenvalue weighted by molar-refractivity contribution is 0.0869. The number of rotatable bonds is 5. The number of benzene rings is 1. The van der Waals surface area contributed by atoms with Crippen LogP contribution >= 0.6 is 11.8 Å². The number of fused-ring (bicyclic) bond motifs is 1. The Labute approximate surface area is 123 Å². The Hall–Kier alpha value is -0.910. The molecule has 0 unspecified atom stereocenters. The predicted molar refractivity (Wildman–Crippen MR) is 79.7 cm³/mol. The smallest absolute Gasteiger partial charge is 0.162 e. The Morgan fingerprint density at radius 2 is 1.95 bits per heavy atom. The average molecular weight is 295 g/mol. The molecule has 5 heteroatoms. The van der Waals surface area contributed by atoms with Crippen LogP contribution in [0.2, 0.25) is 0 Å². The molecule has 1 heterocycles. The van der Waals surface area contributed by atoms with Gasteiger partial charge >= 0.3 is 0 Å². The lowest BCUT2D eigenvalue weighted by Gasteiger charge is -2.41. The third-order valence-corrected chi connectivity index (χ3v) is 5.03. The largest absolute Gasteiger partial charge is 0.486 e. The van der Waals surface area contributed by atoms with Crippen molar-refractivity contribution in [3.63, 3.8) is 0 Å². The molecule has 0 amide bonds. The summed E-state index contributed by atoms with van der Waals surface area (Å²) in [6.45, 7) is 2.20. The number of aliphatic hydroxyl groups excluding tert-OH is 1. The van der Waals surface area contributed by atoms with Crippen molar-refractivity contribution in [1.29, 1.82) is 0 Å². The van der Waals surface area contributed by atoms with Gasteiger partial charge in [-0.3, -0.25) is 0 Å². The molecule has 0 bridgehead atoms. The average Bonchev–Trinajstić information content (AvgIpc) is 2.45. The first-order valence-electron chi connectivity index (χ1n) is 7.09. The van der Waals surface area contributed by atoms with E-state index in [-0.39, 0.29) is 12.1 Å². The Balaban J connectivity index is 1.77. The van der Waals surface area contributed by atoms with E-state index in [1.165, 1.54) is 16.9 Å². The molecule has 0 atom stereocenters. The first kappa shape index (κ1) is 14.0. The van der Waals surface area contributed by atoms with Gasteiger partial charge in [-0.25, -0.2) is 0 Å². The van der Waals surface area contributed by atoms with Crippen molar-refractivity contribution in [2.45, 2.75) is 36.2 Å². The highest BCUT2D eigenvalue weighted by Gasteiger charge is 2.35. The fraction of sp³-hybridized carbons (Fsp3) is 0.600. The number of nitrogens with one attached hydrogen (secondary N) is 1. The molecule has 0 radical (unpaired) electrons. The molecule has 1 aliphatic heterocycles. The number of hydrogen-bond acceptors (Lipinski definition) is 5. The van der Waals surface area contributed by atoms with Crippen molar-refractivity contribution >= 4 is 11.8 Å². The van der Waals surface area contributed by atoms with E-state index in [0.717, 1.165) is 30.9 Å². The van der Waals surface area contributed by atoms with Crippen molar-refractivity contribution in [2.24, 2.45) is 0 Å². The van der Waals surface area contributed by atoms with Gasteiger partial charge < -0.3 is 19.9 Å². The van der Waals surface area contributed by atoms with E-state index in [9.17, 15) is 5.11 Å². The van der Waals surface area contributed by atoms with E-state index in [1.54, 1.807) is 11.8 Å². The van der Waals surface area contributed by atoms with Crippen LogP contribution in [0.4, 0.5) is 0 Å². The molecule has 110 valence electrons. The zero-order valence-corrected chi connectivity index (χ0v) is 12.6. The van der Waals surface area contributed by atoms with E-state index < -0.39 is 0 Å². The van der Waals surface area contributed by atoms with Gasteiger partial charge in [0.2, 0.25) is 0 Å². The highest BCUT2D eigenvalue weighted by molar-refractivity contribution is 7.98. The summed E-state index contributed by atoms with van der Waals surface area (Å²) in [5.41, 5.74) is 1.14. The fourth-order valence-electron chi connectivity index (χ4n) is 2.72. The van der Waals surface area contributed by atoms with Gasteiger partial charge in [0.25, 0.3) is 0 Å². The van der Waals surface area contributed by atoms with Gasteiger partial charge in [0.1, 0.15) is 13.2 Å². The summed E-state index contributed by atoms with van der Waals surface area (Å²) in [6.07, 6.45) is 5.38. The number of ether oxygens (including phenoxy) is 2. The number of thioether (sulfide) groups is 1. The van der Waals surface area contributed by atoms with Crippen LogP contribution < -0.4 is 14.8 Å². The number of aliphatic hydroxyl groups is 1. The lowest BCUT2D eigenvalue weighted by atomic mass is 9.77. The molecule has 0 saturated heterocycles. The molecular formula is C15H21NO3S. The van der Waals surface area contributed by atoms with Crippen molar-refractivity contribution in [1.82, 2.24) is 5.32 Å².